The first kappa shape index (κ1) is 12.7. The van der Waals surface area contributed by atoms with Crippen molar-refractivity contribution in [1.82, 2.24) is 4.90 Å². The molecule has 1 unspecified atom stereocenters. The number of carbonyl (C=O) groups is 1. The quantitative estimate of drug-likeness (QED) is 0.585. The second-order valence-corrected chi connectivity index (χ2v) is 5.75. The van der Waals surface area contributed by atoms with Gasteiger partial charge in [0, 0.05) is 6.92 Å². The Kier molecular flexibility index (Phi) is 2.92. The van der Waals surface area contributed by atoms with Crippen LogP contribution in [0.15, 0.2) is 22.8 Å². The second kappa shape index (κ2) is 3.90. The Bertz CT molecular complexity index is 428. The molecule has 1 atom stereocenters. The molecule has 1 aliphatic rings. The number of hydrogen-bond donors (Lipinski definition) is 0. The fraction of sp³-hybridized carbons (Fsp3) is 0.545. The van der Waals surface area contributed by atoms with E-state index >= 15 is 0 Å². The maximum Gasteiger partial charge on any atom is 0.228 e. The number of carbonyl (C=O) groups excluding carboxylic acids is 1. The molecular formula is C11H13Cl2NO3. The van der Waals surface area contributed by atoms with Gasteiger partial charge in [0.15, 0.2) is 6.10 Å². The average molecular weight is 278 g/mol. The minimum Gasteiger partial charge on any atom is -0.466 e. The monoisotopic (exact) mass is 277 g/mol. The van der Waals surface area contributed by atoms with Gasteiger partial charge in [0.05, 0.1) is 6.26 Å². The summed E-state index contributed by atoms with van der Waals surface area (Å²) in [4.78, 5) is 12.9. The summed E-state index contributed by atoms with van der Waals surface area (Å²) in [5.41, 5.74) is -0.882. The third-order valence-corrected chi connectivity index (χ3v) is 3.41. The molecule has 0 aromatic carbocycles. The highest BCUT2D eigenvalue weighted by atomic mass is 35.5. The highest BCUT2D eigenvalue weighted by Crippen LogP contribution is 2.52. The third kappa shape index (κ3) is 1.94. The highest BCUT2D eigenvalue weighted by molar-refractivity contribution is 6.49. The minimum absolute atomic E-state index is 0.256. The smallest absolute Gasteiger partial charge is 0.228 e. The van der Waals surface area contributed by atoms with E-state index in [-0.39, 0.29) is 5.91 Å². The summed E-state index contributed by atoms with van der Waals surface area (Å²) in [6.07, 6.45) is 0.797. The van der Waals surface area contributed by atoms with Gasteiger partial charge < -0.3 is 9.15 Å². The number of amides is 1. The topological polar surface area (TPSA) is 42.7 Å². The molecule has 2 rings (SSSR count). The molecule has 6 heteroatoms. The summed E-state index contributed by atoms with van der Waals surface area (Å²) < 4.78 is 9.49. The number of ether oxygens (including phenoxy) is 1. The molecule has 0 saturated carbocycles. The summed E-state index contributed by atoms with van der Waals surface area (Å²) in [7, 11) is 0. The maximum absolute atomic E-state index is 11.6. The molecule has 1 fully saturated rings. The summed E-state index contributed by atoms with van der Waals surface area (Å²) in [6.45, 7) is 4.86. The first-order valence-electron chi connectivity index (χ1n) is 5.17. The zero-order valence-electron chi connectivity index (χ0n) is 9.74. The molecule has 1 aromatic rings. The van der Waals surface area contributed by atoms with Crippen LogP contribution in [0.4, 0.5) is 0 Å². The normalized spacial score (nSPS) is 26.2. The number of furan rings is 1. The molecule has 2 heterocycles. The van der Waals surface area contributed by atoms with Crippen molar-refractivity contribution in [2.45, 2.75) is 37.1 Å². The van der Waals surface area contributed by atoms with Gasteiger partial charge in [-0.05, 0) is 26.0 Å². The van der Waals surface area contributed by atoms with E-state index in [1.165, 1.54) is 18.1 Å². The third-order valence-electron chi connectivity index (χ3n) is 2.67. The summed E-state index contributed by atoms with van der Waals surface area (Å²) in [5.74, 6) is 0.237. The van der Waals surface area contributed by atoms with Gasteiger partial charge in [-0.15, -0.1) is 0 Å². The van der Waals surface area contributed by atoms with Gasteiger partial charge in [0.25, 0.3) is 0 Å². The second-order valence-electron chi connectivity index (χ2n) is 4.40. The van der Waals surface area contributed by atoms with Gasteiger partial charge in [0.1, 0.15) is 11.5 Å². The van der Waals surface area contributed by atoms with Crippen molar-refractivity contribution < 1.29 is 13.9 Å². The van der Waals surface area contributed by atoms with Crippen molar-refractivity contribution in [3.8, 4) is 0 Å². The molecule has 4 nitrogen and oxygen atoms in total. The van der Waals surface area contributed by atoms with Crippen molar-refractivity contribution in [2.24, 2.45) is 0 Å². The molecular weight excluding hydrogens is 265 g/mol. The van der Waals surface area contributed by atoms with Gasteiger partial charge in [-0.2, -0.15) is 0 Å². The zero-order chi connectivity index (χ0) is 12.8. The van der Waals surface area contributed by atoms with Gasteiger partial charge in [-0.25, -0.2) is 0 Å². The number of halogens is 2. The molecule has 94 valence electrons. The first-order valence-corrected chi connectivity index (χ1v) is 5.92. The molecule has 0 N–H and O–H groups in total. The lowest BCUT2D eigenvalue weighted by molar-refractivity contribution is -0.144. The van der Waals surface area contributed by atoms with Crippen LogP contribution in [-0.4, -0.2) is 21.0 Å². The highest BCUT2D eigenvalue weighted by Gasteiger charge is 2.59. The molecule has 17 heavy (non-hydrogen) atoms. The Balaban J connectivity index is 2.43. The standard InChI is InChI=1S/C11H13Cl2NO3/c1-7(15)14-10(2,3)17-9(11(14,12)13)8-5-4-6-16-8/h4-6,9H,1-3H3. The number of hydrogen-bond acceptors (Lipinski definition) is 3. The number of rotatable bonds is 1. The Morgan fingerprint density at radius 3 is 2.53 bits per heavy atom. The Hall–Kier alpha value is -0.710. The predicted molar refractivity (Wildman–Crippen MR) is 63.6 cm³/mol. The summed E-state index contributed by atoms with van der Waals surface area (Å²) in [5, 5.41) is 0. The molecule has 0 aliphatic carbocycles. The lowest BCUT2D eigenvalue weighted by Gasteiger charge is -2.33. The summed E-state index contributed by atoms with van der Waals surface area (Å²) >= 11 is 12.5. The fourth-order valence-electron chi connectivity index (χ4n) is 2.15. The maximum atomic E-state index is 11.6. The zero-order valence-corrected chi connectivity index (χ0v) is 11.2. The lowest BCUT2D eigenvalue weighted by atomic mass is 10.2. The number of nitrogens with zero attached hydrogens (tertiary/aromatic N) is 1. The molecule has 1 amide bonds. The van der Waals surface area contributed by atoms with E-state index in [4.69, 9.17) is 32.4 Å². The van der Waals surface area contributed by atoms with E-state index in [1.54, 1.807) is 26.0 Å². The van der Waals surface area contributed by atoms with Crippen molar-refractivity contribution in [3.63, 3.8) is 0 Å². The SMILES string of the molecule is CC(=O)N1C(C)(C)OC(c2ccco2)C1(Cl)Cl. The van der Waals surface area contributed by atoms with Crippen LogP contribution in [0, 0.1) is 0 Å². The van der Waals surface area contributed by atoms with Gasteiger partial charge in [-0.1, -0.05) is 23.2 Å². The molecule has 0 radical (unpaired) electrons. The van der Waals surface area contributed by atoms with Crippen molar-refractivity contribution in [1.29, 1.82) is 0 Å². The van der Waals surface area contributed by atoms with Crippen LogP contribution in [0.25, 0.3) is 0 Å². The predicted octanol–water partition coefficient (Wildman–Crippen LogP) is 3.07. The van der Waals surface area contributed by atoms with E-state index in [9.17, 15) is 4.79 Å². The fourth-order valence-corrected chi connectivity index (χ4v) is 3.10. The first-order chi connectivity index (χ1) is 7.77. The van der Waals surface area contributed by atoms with E-state index in [1.807, 2.05) is 0 Å². The van der Waals surface area contributed by atoms with Crippen LogP contribution in [0.3, 0.4) is 0 Å². The molecule has 1 aliphatic heterocycles. The van der Waals surface area contributed by atoms with Gasteiger partial charge in [0.2, 0.25) is 10.4 Å². The van der Waals surface area contributed by atoms with Crippen LogP contribution >= 0.6 is 23.2 Å². The van der Waals surface area contributed by atoms with Crippen molar-refractivity contribution in [3.05, 3.63) is 24.2 Å². The van der Waals surface area contributed by atoms with E-state index in [0.29, 0.717) is 5.76 Å². The van der Waals surface area contributed by atoms with E-state index in [0.717, 1.165) is 0 Å². The Morgan fingerprint density at radius 2 is 2.12 bits per heavy atom. The van der Waals surface area contributed by atoms with E-state index < -0.39 is 16.3 Å². The molecule has 1 saturated heterocycles. The van der Waals surface area contributed by atoms with Crippen LogP contribution < -0.4 is 0 Å². The van der Waals surface area contributed by atoms with Crippen LogP contribution in [0.1, 0.15) is 32.6 Å². The van der Waals surface area contributed by atoms with Gasteiger partial charge >= 0.3 is 0 Å². The lowest BCUT2D eigenvalue weighted by Crippen LogP contribution is -2.49. The van der Waals surface area contributed by atoms with Crippen LogP contribution in [0.2, 0.25) is 0 Å². The summed E-state index contributed by atoms with van der Waals surface area (Å²) in [6, 6.07) is 3.43. The average Bonchev–Trinajstić information content (AvgIpc) is 2.69. The molecule has 0 bridgehead atoms. The van der Waals surface area contributed by atoms with Crippen molar-refractivity contribution >= 4 is 29.1 Å². The Morgan fingerprint density at radius 1 is 1.47 bits per heavy atom. The largest absolute Gasteiger partial charge is 0.466 e. The van der Waals surface area contributed by atoms with E-state index in [2.05, 4.69) is 0 Å². The number of alkyl halides is 2. The van der Waals surface area contributed by atoms with Crippen molar-refractivity contribution in [2.75, 3.05) is 0 Å². The van der Waals surface area contributed by atoms with Gasteiger partial charge in [-0.3, -0.25) is 9.69 Å². The minimum atomic E-state index is -1.48. The molecule has 1 aromatic heterocycles. The molecule has 0 spiro atoms. The van der Waals surface area contributed by atoms with Crippen LogP contribution in [0.5, 0.6) is 0 Å². The van der Waals surface area contributed by atoms with Crippen LogP contribution in [-0.2, 0) is 9.53 Å². The Labute approximate surface area is 109 Å².